The highest BCUT2D eigenvalue weighted by Crippen LogP contribution is 2.34. The quantitative estimate of drug-likeness (QED) is 0.617. The molecule has 0 saturated carbocycles. The van der Waals surface area contributed by atoms with Gasteiger partial charge in [-0.2, -0.15) is 18.2 Å². The molecule has 28 heavy (non-hydrogen) atoms. The lowest BCUT2D eigenvalue weighted by Crippen LogP contribution is -2.24. The third-order valence-corrected chi connectivity index (χ3v) is 4.74. The predicted molar refractivity (Wildman–Crippen MR) is 95.9 cm³/mol. The summed E-state index contributed by atoms with van der Waals surface area (Å²) in [7, 11) is 0. The van der Waals surface area contributed by atoms with Crippen LogP contribution in [0.15, 0.2) is 53.1 Å². The molecule has 1 amide bonds. The molecule has 2 heterocycles. The Morgan fingerprint density at radius 3 is 2.57 bits per heavy atom. The fourth-order valence-corrected chi connectivity index (χ4v) is 3.28. The van der Waals surface area contributed by atoms with Crippen LogP contribution in [0.1, 0.15) is 23.8 Å². The molecule has 1 aliphatic heterocycles. The lowest BCUT2D eigenvalue weighted by Gasteiger charge is -2.16. The Kier molecular flexibility index (Phi) is 4.58. The van der Waals surface area contributed by atoms with Crippen LogP contribution < -0.4 is 4.90 Å². The summed E-state index contributed by atoms with van der Waals surface area (Å²) in [6.07, 6.45) is -4.21. The van der Waals surface area contributed by atoms with Gasteiger partial charge < -0.3 is 9.42 Å². The van der Waals surface area contributed by atoms with Gasteiger partial charge in [-0.3, -0.25) is 4.79 Å². The van der Waals surface area contributed by atoms with Crippen LogP contribution in [0, 0.1) is 0 Å². The van der Waals surface area contributed by atoms with Crippen LogP contribution in [0.2, 0.25) is 5.02 Å². The molecule has 0 bridgehead atoms. The van der Waals surface area contributed by atoms with Crippen LogP contribution in [0.4, 0.5) is 18.9 Å². The van der Waals surface area contributed by atoms with Crippen molar-refractivity contribution < 1.29 is 22.5 Å². The van der Waals surface area contributed by atoms with Gasteiger partial charge in [0.1, 0.15) is 0 Å². The number of anilines is 1. The molecule has 0 spiro atoms. The first-order valence-corrected chi connectivity index (χ1v) is 8.76. The number of amides is 1. The fraction of sp³-hybridized carbons (Fsp3) is 0.211. The molecule has 5 nitrogen and oxygen atoms in total. The minimum Gasteiger partial charge on any atom is -0.339 e. The van der Waals surface area contributed by atoms with Crippen molar-refractivity contribution in [3.8, 4) is 11.4 Å². The summed E-state index contributed by atoms with van der Waals surface area (Å²) in [5.74, 6) is 0.0499. The standard InChI is InChI=1S/C19H13ClF3N3O2/c20-14-2-1-3-15(9-14)26-10-12(8-16(26)27)18-24-17(25-28-18)11-4-6-13(7-5-11)19(21,22)23/h1-7,9,12H,8,10H2/t12-/m1/s1. The van der Waals surface area contributed by atoms with E-state index in [4.69, 9.17) is 16.1 Å². The number of nitrogens with zero attached hydrogens (tertiary/aromatic N) is 3. The van der Waals surface area contributed by atoms with Gasteiger partial charge in [0.25, 0.3) is 0 Å². The van der Waals surface area contributed by atoms with Gasteiger partial charge in [-0.25, -0.2) is 0 Å². The fourth-order valence-electron chi connectivity index (χ4n) is 3.09. The van der Waals surface area contributed by atoms with Gasteiger partial charge >= 0.3 is 6.18 Å². The predicted octanol–water partition coefficient (Wildman–Crippen LogP) is 4.93. The van der Waals surface area contributed by atoms with Crippen LogP contribution in [0.25, 0.3) is 11.4 Å². The molecular weight excluding hydrogens is 395 g/mol. The largest absolute Gasteiger partial charge is 0.416 e. The average Bonchev–Trinajstić information content (AvgIpc) is 3.28. The number of halogens is 4. The first-order chi connectivity index (χ1) is 13.3. The number of alkyl halides is 3. The summed E-state index contributed by atoms with van der Waals surface area (Å²) in [6.45, 7) is 0.355. The molecule has 1 aliphatic rings. The molecule has 2 aromatic carbocycles. The van der Waals surface area contributed by atoms with E-state index in [9.17, 15) is 18.0 Å². The lowest BCUT2D eigenvalue weighted by atomic mass is 10.1. The monoisotopic (exact) mass is 407 g/mol. The third kappa shape index (κ3) is 3.60. The van der Waals surface area contributed by atoms with E-state index in [0.717, 1.165) is 12.1 Å². The van der Waals surface area contributed by atoms with Gasteiger partial charge in [-0.1, -0.05) is 35.0 Å². The van der Waals surface area contributed by atoms with Crippen LogP contribution in [0.5, 0.6) is 0 Å². The van der Waals surface area contributed by atoms with Crippen molar-refractivity contribution >= 4 is 23.2 Å². The van der Waals surface area contributed by atoms with Crippen molar-refractivity contribution in [2.75, 3.05) is 11.4 Å². The number of rotatable bonds is 3. The van der Waals surface area contributed by atoms with Crippen LogP contribution >= 0.6 is 11.6 Å². The molecule has 9 heteroatoms. The second-order valence-electron chi connectivity index (χ2n) is 6.42. The average molecular weight is 408 g/mol. The number of hydrogen-bond donors (Lipinski definition) is 0. The van der Waals surface area contributed by atoms with Gasteiger partial charge in [0, 0.05) is 29.2 Å². The summed E-state index contributed by atoms with van der Waals surface area (Å²) in [5, 5.41) is 4.37. The summed E-state index contributed by atoms with van der Waals surface area (Å²) in [5.41, 5.74) is 0.333. The second kappa shape index (κ2) is 6.94. The minimum absolute atomic E-state index is 0.0958. The number of carbonyl (C=O) groups is 1. The van der Waals surface area contributed by atoms with Gasteiger partial charge in [-0.05, 0) is 30.3 Å². The lowest BCUT2D eigenvalue weighted by molar-refractivity contribution is -0.137. The van der Waals surface area contributed by atoms with E-state index < -0.39 is 11.7 Å². The van der Waals surface area contributed by atoms with Crippen molar-refractivity contribution in [1.82, 2.24) is 10.1 Å². The van der Waals surface area contributed by atoms with Crippen LogP contribution in [0.3, 0.4) is 0 Å². The number of benzene rings is 2. The summed E-state index contributed by atoms with van der Waals surface area (Å²) in [4.78, 5) is 18.2. The molecule has 0 unspecified atom stereocenters. The molecule has 1 saturated heterocycles. The van der Waals surface area contributed by atoms with E-state index in [1.54, 1.807) is 29.2 Å². The topological polar surface area (TPSA) is 59.2 Å². The van der Waals surface area contributed by atoms with E-state index in [2.05, 4.69) is 10.1 Å². The highest BCUT2D eigenvalue weighted by molar-refractivity contribution is 6.30. The number of aromatic nitrogens is 2. The maximum atomic E-state index is 12.7. The van der Waals surface area contributed by atoms with E-state index in [1.807, 2.05) is 0 Å². The van der Waals surface area contributed by atoms with Crippen molar-refractivity contribution in [3.63, 3.8) is 0 Å². The van der Waals surface area contributed by atoms with E-state index >= 15 is 0 Å². The Bertz CT molecular complexity index is 1020. The van der Waals surface area contributed by atoms with E-state index in [0.29, 0.717) is 22.8 Å². The Morgan fingerprint density at radius 1 is 1.14 bits per heavy atom. The summed E-state index contributed by atoms with van der Waals surface area (Å²) < 4.78 is 43.3. The molecule has 0 aliphatic carbocycles. The zero-order chi connectivity index (χ0) is 19.9. The molecule has 0 N–H and O–H groups in total. The number of hydrogen-bond acceptors (Lipinski definition) is 4. The third-order valence-electron chi connectivity index (χ3n) is 4.51. The van der Waals surface area contributed by atoms with Crippen molar-refractivity contribution in [1.29, 1.82) is 0 Å². The van der Waals surface area contributed by atoms with Gasteiger partial charge in [-0.15, -0.1) is 0 Å². The Balaban J connectivity index is 1.53. The molecular formula is C19H13ClF3N3O2. The van der Waals surface area contributed by atoms with Gasteiger partial charge in [0.15, 0.2) is 0 Å². The maximum Gasteiger partial charge on any atom is 0.416 e. The molecule has 4 rings (SSSR count). The normalized spacial score (nSPS) is 17.4. The molecule has 0 radical (unpaired) electrons. The number of carbonyl (C=O) groups excluding carboxylic acids is 1. The smallest absolute Gasteiger partial charge is 0.339 e. The Labute approximate surface area is 162 Å². The van der Waals surface area contributed by atoms with E-state index in [-0.39, 0.29) is 30.0 Å². The van der Waals surface area contributed by atoms with Crippen molar-refractivity contribution in [2.24, 2.45) is 0 Å². The first kappa shape index (κ1) is 18.5. The van der Waals surface area contributed by atoms with Crippen LogP contribution in [-0.4, -0.2) is 22.6 Å². The molecule has 1 fully saturated rings. The molecule has 3 aromatic rings. The minimum atomic E-state index is -4.41. The van der Waals surface area contributed by atoms with Crippen molar-refractivity contribution in [2.45, 2.75) is 18.5 Å². The zero-order valence-electron chi connectivity index (χ0n) is 14.3. The molecule has 1 atom stereocenters. The van der Waals surface area contributed by atoms with Crippen molar-refractivity contribution in [3.05, 3.63) is 65.0 Å². The highest BCUT2D eigenvalue weighted by Gasteiger charge is 2.35. The maximum absolute atomic E-state index is 12.7. The second-order valence-corrected chi connectivity index (χ2v) is 6.85. The zero-order valence-corrected chi connectivity index (χ0v) is 15.0. The molecule has 1 aromatic heterocycles. The SMILES string of the molecule is O=C1C[C@@H](c2nc(-c3ccc(C(F)(F)F)cc3)no2)CN1c1cccc(Cl)c1. The Morgan fingerprint density at radius 2 is 1.89 bits per heavy atom. The van der Waals surface area contributed by atoms with Crippen LogP contribution in [-0.2, 0) is 11.0 Å². The van der Waals surface area contributed by atoms with Gasteiger partial charge in [0.2, 0.25) is 17.6 Å². The van der Waals surface area contributed by atoms with E-state index in [1.165, 1.54) is 12.1 Å². The highest BCUT2D eigenvalue weighted by atomic mass is 35.5. The first-order valence-electron chi connectivity index (χ1n) is 8.38. The van der Waals surface area contributed by atoms with Gasteiger partial charge in [0.05, 0.1) is 11.5 Å². The Hall–Kier alpha value is -2.87. The summed E-state index contributed by atoms with van der Waals surface area (Å²) >= 11 is 5.99. The molecule has 144 valence electrons. The summed E-state index contributed by atoms with van der Waals surface area (Å²) in [6, 6.07) is 11.5.